The molecule has 5 nitrogen and oxygen atoms in total. The van der Waals surface area contributed by atoms with Crippen LogP contribution in [0.25, 0.3) is 0 Å². The van der Waals surface area contributed by atoms with Gasteiger partial charge in [-0.3, -0.25) is 9.78 Å². The smallest absolute Gasteiger partial charge is 0.232 e. The number of likely N-dealkylation sites (tertiary alicyclic amines) is 1. The second kappa shape index (κ2) is 6.33. The van der Waals surface area contributed by atoms with Crippen molar-refractivity contribution in [1.82, 2.24) is 14.9 Å². The molecule has 0 aromatic carbocycles. The van der Waals surface area contributed by atoms with E-state index in [2.05, 4.69) is 9.97 Å². The van der Waals surface area contributed by atoms with Crippen molar-refractivity contribution in [2.24, 2.45) is 0 Å². The Labute approximate surface area is 107 Å². The lowest BCUT2D eigenvalue weighted by molar-refractivity contribution is -0.133. The van der Waals surface area contributed by atoms with Gasteiger partial charge in [0.15, 0.2) is 0 Å². The third-order valence-electron chi connectivity index (χ3n) is 3.09. The monoisotopic (exact) mass is 249 g/mol. The maximum Gasteiger partial charge on any atom is 0.232 e. The summed E-state index contributed by atoms with van der Waals surface area (Å²) in [5.74, 6) is 0.825. The van der Waals surface area contributed by atoms with Gasteiger partial charge in [-0.05, 0) is 6.42 Å². The molecule has 1 aromatic rings. The van der Waals surface area contributed by atoms with E-state index in [1.54, 1.807) is 18.6 Å². The summed E-state index contributed by atoms with van der Waals surface area (Å²) in [6.07, 6.45) is 8.30. The van der Waals surface area contributed by atoms with E-state index >= 15 is 0 Å². The molecule has 1 aliphatic rings. The summed E-state index contributed by atoms with van der Waals surface area (Å²) in [6.45, 7) is 3.59. The Morgan fingerprint density at radius 2 is 2.22 bits per heavy atom. The molecule has 2 heterocycles. The van der Waals surface area contributed by atoms with Crippen LogP contribution in [0.4, 0.5) is 0 Å². The average Bonchev–Trinajstić information content (AvgIpc) is 2.41. The minimum atomic E-state index is 0.146. The highest BCUT2D eigenvalue weighted by atomic mass is 16.5. The van der Waals surface area contributed by atoms with Crippen molar-refractivity contribution in [2.45, 2.75) is 38.7 Å². The highest BCUT2D eigenvalue weighted by Crippen LogP contribution is 2.17. The quantitative estimate of drug-likeness (QED) is 0.814. The SMILES string of the molecule is CCCC(=O)N1CCC(Oc2cnccn2)CC1. The zero-order chi connectivity index (χ0) is 12.8. The number of amides is 1. The van der Waals surface area contributed by atoms with Crippen LogP contribution in [-0.4, -0.2) is 40.0 Å². The predicted molar refractivity (Wildman–Crippen MR) is 67.2 cm³/mol. The van der Waals surface area contributed by atoms with E-state index in [1.165, 1.54) is 0 Å². The van der Waals surface area contributed by atoms with Crippen LogP contribution < -0.4 is 4.74 Å². The van der Waals surface area contributed by atoms with E-state index in [9.17, 15) is 4.79 Å². The normalized spacial score (nSPS) is 16.6. The molecule has 0 atom stereocenters. The van der Waals surface area contributed by atoms with Crippen LogP contribution in [-0.2, 0) is 4.79 Å². The van der Waals surface area contributed by atoms with Crippen molar-refractivity contribution in [3.8, 4) is 5.88 Å². The number of hydrogen-bond donors (Lipinski definition) is 0. The summed E-state index contributed by atoms with van der Waals surface area (Å²) in [7, 11) is 0. The molecule has 0 spiro atoms. The van der Waals surface area contributed by atoms with Crippen LogP contribution in [0, 0.1) is 0 Å². The topological polar surface area (TPSA) is 55.3 Å². The summed E-state index contributed by atoms with van der Waals surface area (Å²) in [4.78, 5) is 21.7. The van der Waals surface area contributed by atoms with Crippen LogP contribution in [0.5, 0.6) is 5.88 Å². The fourth-order valence-corrected chi connectivity index (χ4v) is 2.11. The number of rotatable bonds is 4. The third kappa shape index (κ3) is 3.42. The standard InChI is InChI=1S/C13H19N3O2/c1-2-3-13(17)16-8-4-11(5-9-16)18-12-10-14-6-7-15-12/h6-7,10-11H,2-5,8-9H2,1H3. The van der Waals surface area contributed by atoms with Gasteiger partial charge in [0, 0.05) is 44.7 Å². The van der Waals surface area contributed by atoms with E-state index in [4.69, 9.17) is 4.74 Å². The second-order valence-corrected chi connectivity index (χ2v) is 4.49. The first-order valence-electron chi connectivity index (χ1n) is 6.50. The van der Waals surface area contributed by atoms with Crippen LogP contribution in [0.3, 0.4) is 0 Å². The zero-order valence-corrected chi connectivity index (χ0v) is 10.7. The van der Waals surface area contributed by atoms with Gasteiger partial charge in [0.1, 0.15) is 6.10 Å². The van der Waals surface area contributed by atoms with Gasteiger partial charge >= 0.3 is 0 Å². The minimum Gasteiger partial charge on any atom is -0.473 e. The molecular weight excluding hydrogens is 230 g/mol. The van der Waals surface area contributed by atoms with Gasteiger partial charge in [0.2, 0.25) is 11.8 Å². The van der Waals surface area contributed by atoms with Gasteiger partial charge in [-0.25, -0.2) is 4.98 Å². The largest absolute Gasteiger partial charge is 0.473 e. The maximum atomic E-state index is 11.7. The fraction of sp³-hybridized carbons (Fsp3) is 0.615. The second-order valence-electron chi connectivity index (χ2n) is 4.49. The van der Waals surface area contributed by atoms with Crippen molar-refractivity contribution in [1.29, 1.82) is 0 Å². The molecule has 1 aromatic heterocycles. The molecule has 1 saturated heterocycles. The van der Waals surface area contributed by atoms with Crippen LogP contribution >= 0.6 is 0 Å². The first kappa shape index (κ1) is 12.8. The van der Waals surface area contributed by atoms with Crippen molar-refractivity contribution >= 4 is 5.91 Å². The highest BCUT2D eigenvalue weighted by Gasteiger charge is 2.23. The zero-order valence-electron chi connectivity index (χ0n) is 10.7. The molecule has 5 heteroatoms. The molecule has 0 saturated carbocycles. The number of aromatic nitrogens is 2. The van der Waals surface area contributed by atoms with Gasteiger partial charge in [0.05, 0.1) is 6.20 Å². The molecule has 18 heavy (non-hydrogen) atoms. The van der Waals surface area contributed by atoms with Crippen molar-refractivity contribution in [2.75, 3.05) is 13.1 Å². The summed E-state index contributed by atoms with van der Waals surface area (Å²) < 4.78 is 5.73. The number of nitrogens with zero attached hydrogens (tertiary/aromatic N) is 3. The van der Waals surface area contributed by atoms with E-state index in [1.807, 2.05) is 11.8 Å². The first-order chi connectivity index (χ1) is 8.79. The molecule has 1 aliphatic heterocycles. The molecule has 1 fully saturated rings. The van der Waals surface area contributed by atoms with Gasteiger partial charge in [-0.2, -0.15) is 0 Å². The Morgan fingerprint density at radius 1 is 1.44 bits per heavy atom. The van der Waals surface area contributed by atoms with Crippen molar-refractivity contribution < 1.29 is 9.53 Å². The number of piperidine rings is 1. The van der Waals surface area contributed by atoms with Gasteiger partial charge in [-0.1, -0.05) is 6.92 Å². The van der Waals surface area contributed by atoms with Gasteiger partial charge in [-0.15, -0.1) is 0 Å². The Hall–Kier alpha value is -1.65. The number of ether oxygens (including phenoxy) is 1. The number of carbonyl (C=O) groups excluding carboxylic acids is 1. The molecule has 0 radical (unpaired) electrons. The lowest BCUT2D eigenvalue weighted by Gasteiger charge is -2.31. The average molecular weight is 249 g/mol. The van der Waals surface area contributed by atoms with E-state index < -0.39 is 0 Å². The predicted octanol–water partition coefficient (Wildman–Crippen LogP) is 1.65. The van der Waals surface area contributed by atoms with Gasteiger partial charge < -0.3 is 9.64 Å². The summed E-state index contributed by atoms with van der Waals surface area (Å²) in [6, 6.07) is 0. The molecule has 0 bridgehead atoms. The lowest BCUT2D eigenvalue weighted by Crippen LogP contribution is -2.41. The van der Waals surface area contributed by atoms with Crippen LogP contribution in [0.1, 0.15) is 32.6 Å². The van der Waals surface area contributed by atoms with E-state index in [0.29, 0.717) is 12.3 Å². The van der Waals surface area contributed by atoms with Crippen LogP contribution in [0.2, 0.25) is 0 Å². The highest BCUT2D eigenvalue weighted by molar-refractivity contribution is 5.76. The summed E-state index contributed by atoms with van der Waals surface area (Å²) in [5.41, 5.74) is 0. The van der Waals surface area contributed by atoms with Crippen LogP contribution in [0.15, 0.2) is 18.6 Å². The Morgan fingerprint density at radius 3 is 2.83 bits per heavy atom. The van der Waals surface area contributed by atoms with Crippen molar-refractivity contribution in [3.63, 3.8) is 0 Å². The molecule has 98 valence electrons. The molecule has 0 N–H and O–H groups in total. The fourth-order valence-electron chi connectivity index (χ4n) is 2.11. The van der Waals surface area contributed by atoms with E-state index in [0.717, 1.165) is 32.4 Å². The molecule has 1 amide bonds. The molecule has 0 aliphatic carbocycles. The third-order valence-corrected chi connectivity index (χ3v) is 3.09. The Balaban J connectivity index is 1.78. The lowest BCUT2D eigenvalue weighted by atomic mass is 10.1. The molecular formula is C13H19N3O2. The maximum absolute atomic E-state index is 11.7. The summed E-state index contributed by atoms with van der Waals surface area (Å²) >= 11 is 0. The number of carbonyl (C=O) groups is 1. The Bertz CT molecular complexity index is 375. The van der Waals surface area contributed by atoms with Crippen molar-refractivity contribution in [3.05, 3.63) is 18.6 Å². The van der Waals surface area contributed by atoms with Gasteiger partial charge in [0.25, 0.3) is 0 Å². The minimum absolute atomic E-state index is 0.146. The van der Waals surface area contributed by atoms with E-state index in [-0.39, 0.29) is 12.0 Å². The molecule has 2 rings (SSSR count). The Kier molecular flexibility index (Phi) is 4.50. The summed E-state index contributed by atoms with van der Waals surface area (Å²) in [5, 5.41) is 0. The molecule has 0 unspecified atom stereocenters. The number of hydrogen-bond acceptors (Lipinski definition) is 4. The first-order valence-corrected chi connectivity index (χ1v) is 6.50.